The summed E-state index contributed by atoms with van der Waals surface area (Å²) in [5.74, 6) is 1.76. The quantitative estimate of drug-likeness (QED) is 0.654. The molecule has 2 N–H and O–H groups in total. The van der Waals surface area contributed by atoms with E-state index in [0.29, 0.717) is 12.6 Å². The van der Waals surface area contributed by atoms with E-state index in [9.17, 15) is 0 Å². The van der Waals surface area contributed by atoms with Gasteiger partial charge < -0.3 is 10.4 Å². The molecule has 1 rings (SSSR count). The van der Waals surface area contributed by atoms with E-state index in [1.54, 1.807) is 0 Å². The summed E-state index contributed by atoms with van der Waals surface area (Å²) < 4.78 is 0. The minimum atomic E-state index is 0.311. The molecule has 0 unspecified atom stereocenters. The van der Waals surface area contributed by atoms with Crippen LogP contribution in [0.3, 0.4) is 0 Å². The Labute approximate surface area is 81.7 Å². The molecule has 2 heteroatoms. The Morgan fingerprint density at radius 3 is 2.62 bits per heavy atom. The van der Waals surface area contributed by atoms with Crippen LogP contribution in [0.25, 0.3) is 0 Å². The van der Waals surface area contributed by atoms with Crippen LogP contribution < -0.4 is 5.32 Å². The Morgan fingerprint density at radius 2 is 2.00 bits per heavy atom. The summed E-state index contributed by atoms with van der Waals surface area (Å²) in [5, 5.41) is 12.2. The van der Waals surface area contributed by atoms with Gasteiger partial charge >= 0.3 is 0 Å². The first kappa shape index (κ1) is 11.0. The van der Waals surface area contributed by atoms with Crippen LogP contribution in [-0.4, -0.2) is 24.3 Å². The van der Waals surface area contributed by atoms with Crippen molar-refractivity contribution in [3.8, 4) is 0 Å². The zero-order valence-corrected chi connectivity index (χ0v) is 8.92. The highest BCUT2D eigenvalue weighted by atomic mass is 16.3. The van der Waals surface area contributed by atoms with E-state index in [1.165, 1.54) is 19.3 Å². The third-order valence-electron chi connectivity index (χ3n) is 3.37. The SMILES string of the molecule is C[C@@H]1CC[C@H](NCCCO)C[C@H]1C. The molecular weight excluding hydrogens is 162 g/mol. The van der Waals surface area contributed by atoms with Crippen LogP contribution in [0.4, 0.5) is 0 Å². The summed E-state index contributed by atoms with van der Waals surface area (Å²) in [6.45, 7) is 5.99. The normalized spacial score (nSPS) is 34.8. The molecule has 13 heavy (non-hydrogen) atoms. The highest BCUT2D eigenvalue weighted by Crippen LogP contribution is 2.29. The maximum atomic E-state index is 8.65. The largest absolute Gasteiger partial charge is 0.396 e. The molecule has 1 aliphatic rings. The lowest BCUT2D eigenvalue weighted by Crippen LogP contribution is -2.36. The number of aliphatic hydroxyl groups is 1. The topological polar surface area (TPSA) is 32.3 Å². The van der Waals surface area contributed by atoms with Gasteiger partial charge in [-0.05, 0) is 44.1 Å². The van der Waals surface area contributed by atoms with Gasteiger partial charge in [0.15, 0.2) is 0 Å². The summed E-state index contributed by atoms with van der Waals surface area (Å²) >= 11 is 0. The Hall–Kier alpha value is -0.0800. The van der Waals surface area contributed by atoms with Gasteiger partial charge in [-0.1, -0.05) is 13.8 Å². The predicted molar refractivity (Wildman–Crippen MR) is 55.7 cm³/mol. The molecule has 0 aliphatic heterocycles. The van der Waals surface area contributed by atoms with Crippen molar-refractivity contribution in [3.05, 3.63) is 0 Å². The van der Waals surface area contributed by atoms with Gasteiger partial charge in [-0.3, -0.25) is 0 Å². The molecule has 0 amide bonds. The molecule has 1 saturated carbocycles. The van der Waals surface area contributed by atoms with Crippen LogP contribution in [0.5, 0.6) is 0 Å². The number of rotatable bonds is 4. The second kappa shape index (κ2) is 5.61. The molecule has 1 aliphatic carbocycles. The van der Waals surface area contributed by atoms with Crippen molar-refractivity contribution in [2.24, 2.45) is 11.8 Å². The van der Waals surface area contributed by atoms with Gasteiger partial charge in [-0.25, -0.2) is 0 Å². The second-order valence-electron chi connectivity index (χ2n) is 4.50. The minimum Gasteiger partial charge on any atom is -0.396 e. The minimum absolute atomic E-state index is 0.311. The number of hydrogen-bond acceptors (Lipinski definition) is 2. The maximum absolute atomic E-state index is 8.65. The van der Waals surface area contributed by atoms with E-state index in [1.807, 2.05) is 0 Å². The summed E-state index contributed by atoms with van der Waals surface area (Å²) in [7, 11) is 0. The van der Waals surface area contributed by atoms with E-state index < -0.39 is 0 Å². The molecule has 0 saturated heterocycles. The first-order valence-corrected chi connectivity index (χ1v) is 5.58. The molecule has 2 nitrogen and oxygen atoms in total. The lowest BCUT2D eigenvalue weighted by atomic mass is 9.79. The monoisotopic (exact) mass is 185 g/mol. The van der Waals surface area contributed by atoms with E-state index >= 15 is 0 Å². The van der Waals surface area contributed by atoms with E-state index in [4.69, 9.17) is 5.11 Å². The molecule has 1 fully saturated rings. The third-order valence-corrected chi connectivity index (χ3v) is 3.37. The first-order chi connectivity index (χ1) is 6.24. The van der Waals surface area contributed by atoms with Crippen molar-refractivity contribution in [2.45, 2.75) is 45.6 Å². The molecule has 0 aromatic carbocycles. The lowest BCUT2D eigenvalue weighted by molar-refractivity contribution is 0.220. The van der Waals surface area contributed by atoms with Crippen molar-refractivity contribution in [2.75, 3.05) is 13.2 Å². The average molecular weight is 185 g/mol. The Kier molecular flexibility index (Phi) is 4.74. The fraction of sp³-hybridized carbons (Fsp3) is 1.00. The smallest absolute Gasteiger partial charge is 0.0443 e. The lowest BCUT2D eigenvalue weighted by Gasteiger charge is -2.32. The maximum Gasteiger partial charge on any atom is 0.0443 e. The molecule has 3 atom stereocenters. The number of hydrogen-bond donors (Lipinski definition) is 2. The molecule has 0 bridgehead atoms. The Morgan fingerprint density at radius 1 is 1.23 bits per heavy atom. The fourth-order valence-corrected chi connectivity index (χ4v) is 2.12. The van der Waals surface area contributed by atoms with Crippen molar-refractivity contribution >= 4 is 0 Å². The van der Waals surface area contributed by atoms with Crippen LogP contribution in [0.1, 0.15) is 39.5 Å². The van der Waals surface area contributed by atoms with Crippen molar-refractivity contribution in [1.29, 1.82) is 0 Å². The molecule has 0 radical (unpaired) electrons. The number of aliphatic hydroxyl groups excluding tert-OH is 1. The zero-order valence-electron chi connectivity index (χ0n) is 8.92. The fourth-order valence-electron chi connectivity index (χ4n) is 2.12. The standard InChI is InChI=1S/C11H23NO/c1-9-4-5-11(8-10(9)2)12-6-3-7-13/h9-13H,3-8H2,1-2H3/t9-,10-,11+/m1/s1. The molecule has 78 valence electrons. The van der Waals surface area contributed by atoms with Gasteiger partial charge in [-0.2, -0.15) is 0 Å². The average Bonchev–Trinajstić information content (AvgIpc) is 2.12. The summed E-state index contributed by atoms with van der Waals surface area (Å²) in [6, 6.07) is 0.706. The molecule has 0 heterocycles. The third kappa shape index (κ3) is 3.65. The van der Waals surface area contributed by atoms with Crippen LogP contribution in [0.15, 0.2) is 0 Å². The van der Waals surface area contributed by atoms with Crippen LogP contribution in [0.2, 0.25) is 0 Å². The van der Waals surface area contributed by atoms with E-state index in [-0.39, 0.29) is 0 Å². The van der Waals surface area contributed by atoms with Crippen molar-refractivity contribution < 1.29 is 5.11 Å². The summed E-state index contributed by atoms with van der Waals surface area (Å²) in [4.78, 5) is 0. The van der Waals surface area contributed by atoms with Gasteiger partial charge in [0, 0.05) is 12.6 Å². The van der Waals surface area contributed by atoms with Gasteiger partial charge in [0.05, 0.1) is 0 Å². The Balaban J connectivity index is 2.14. The van der Waals surface area contributed by atoms with Gasteiger partial charge in [0.1, 0.15) is 0 Å². The number of nitrogens with one attached hydrogen (secondary N) is 1. The summed E-state index contributed by atoms with van der Waals surface area (Å²) in [5.41, 5.74) is 0. The van der Waals surface area contributed by atoms with Crippen molar-refractivity contribution in [3.63, 3.8) is 0 Å². The highest BCUT2D eigenvalue weighted by Gasteiger charge is 2.23. The molecular formula is C11H23NO. The Bertz CT molecular complexity index is 138. The van der Waals surface area contributed by atoms with Crippen LogP contribution >= 0.6 is 0 Å². The van der Waals surface area contributed by atoms with E-state index in [0.717, 1.165) is 24.8 Å². The van der Waals surface area contributed by atoms with Crippen molar-refractivity contribution in [1.82, 2.24) is 5.32 Å². The van der Waals surface area contributed by atoms with Gasteiger partial charge in [0.25, 0.3) is 0 Å². The molecule has 0 spiro atoms. The van der Waals surface area contributed by atoms with Crippen LogP contribution in [-0.2, 0) is 0 Å². The molecule has 0 aromatic heterocycles. The van der Waals surface area contributed by atoms with Gasteiger partial charge in [-0.15, -0.1) is 0 Å². The first-order valence-electron chi connectivity index (χ1n) is 5.58. The second-order valence-corrected chi connectivity index (χ2v) is 4.50. The van der Waals surface area contributed by atoms with E-state index in [2.05, 4.69) is 19.2 Å². The molecule has 0 aromatic rings. The predicted octanol–water partition coefficient (Wildman–Crippen LogP) is 1.78. The summed E-state index contributed by atoms with van der Waals surface area (Å²) in [6.07, 6.45) is 4.88. The highest BCUT2D eigenvalue weighted by molar-refractivity contribution is 4.79. The zero-order chi connectivity index (χ0) is 9.68. The van der Waals surface area contributed by atoms with Crippen LogP contribution in [0, 0.1) is 11.8 Å². The van der Waals surface area contributed by atoms with Gasteiger partial charge in [0.2, 0.25) is 0 Å².